The third-order valence-electron chi connectivity index (χ3n) is 2.95. The lowest BCUT2D eigenvalue weighted by atomic mass is 10.3. The zero-order valence-electron chi connectivity index (χ0n) is 10.3. The molecule has 0 saturated heterocycles. The molecule has 0 amide bonds. The Bertz CT molecular complexity index is 940. The van der Waals surface area contributed by atoms with Gasteiger partial charge in [-0.3, -0.25) is 0 Å². The number of imidazole rings is 1. The third-order valence-corrected chi connectivity index (χ3v) is 4.66. The lowest BCUT2D eigenvalue weighted by Crippen LogP contribution is -2.25. The molecule has 7 heteroatoms. The number of fused-ring (bicyclic) bond motifs is 1. The molecule has 0 aliphatic rings. The van der Waals surface area contributed by atoms with E-state index in [0.717, 1.165) is 3.97 Å². The smallest absolute Gasteiger partial charge is 0.340 e. The Morgan fingerprint density at radius 3 is 2.45 bits per heavy atom. The fraction of sp³-hybridized carbons (Fsp3) is 0. The molecule has 6 nitrogen and oxygen atoms in total. The molecular weight excluding hydrogens is 278 g/mol. The number of hydrogen-bond donors (Lipinski definition) is 2. The molecule has 102 valence electrons. The van der Waals surface area contributed by atoms with Crippen molar-refractivity contribution >= 4 is 26.7 Å². The van der Waals surface area contributed by atoms with E-state index in [0.29, 0.717) is 11.2 Å². The molecule has 1 aromatic heterocycles. The van der Waals surface area contributed by atoms with E-state index in [1.54, 1.807) is 24.3 Å². The Morgan fingerprint density at radius 1 is 1.05 bits per heavy atom. The van der Waals surface area contributed by atoms with Crippen LogP contribution in [0.25, 0.3) is 11.0 Å². The van der Waals surface area contributed by atoms with Crippen LogP contribution in [0.2, 0.25) is 0 Å². The fourth-order valence-electron chi connectivity index (χ4n) is 2.04. The van der Waals surface area contributed by atoms with Gasteiger partial charge in [0.25, 0.3) is 10.0 Å². The molecule has 0 saturated carbocycles. The summed E-state index contributed by atoms with van der Waals surface area (Å²) in [5, 5.41) is 0. The second-order valence-corrected chi connectivity index (χ2v) is 6.08. The minimum absolute atomic E-state index is 0.0554. The second-order valence-electron chi connectivity index (χ2n) is 4.29. The molecule has 3 N–H and O–H groups in total. The van der Waals surface area contributed by atoms with E-state index < -0.39 is 15.7 Å². The van der Waals surface area contributed by atoms with E-state index >= 15 is 0 Å². The summed E-state index contributed by atoms with van der Waals surface area (Å²) in [5.74, 6) is 0. The molecule has 3 aromatic rings. The molecule has 20 heavy (non-hydrogen) atoms. The van der Waals surface area contributed by atoms with Gasteiger partial charge in [-0.1, -0.05) is 18.2 Å². The van der Waals surface area contributed by atoms with Crippen molar-refractivity contribution in [2.75, 3.05) is 5.73 Å². The Kier molecular flexibility index (Phi) is 2.65. The summed E-state index contributed by atoms with van der Waals surface area (Å²) in [6.07, 6.45) is 0. The number of hydrogen-bond acceptors (Lipinski definition) is 4. The molecule has 2 aromatic carbocycles. The van der Waals surface area contributed by atoms with Gasteiger partial charge >= 0.3 is 5.69 Å². The van der Waals surface area contributed by atoms with Gasteiger partial charge in [0.2, 0.25) is 0 Å². The zero-order chi connectivity index (χ0) is 14.3. The van der Waals surface area contributed by atoms with Crippen molar-refractivity contribution in [3.63, 3.8) is 0 Å². The predicted molar refractivity (Wildman–Crippen MR) is 76.0 cm³/mol. The average Bonchev–Trinajstić information content (AvgIpc) is 2.75. The van der Waals surface area contributed by atoms with E-state index in [1.165, 1.54) is 24.3 Å². The Morgan fingerprint density at radius 2 is 1.75 bits per heavy atom. The van der Waals surface area contributed by atoms with Crippen molar-refractivity contribution in [2.45, 2.75) is 4.90 Å². The molecular formula is C13H11N3O3S. The van der Waals surface area contributed by atoms with Gasteiger partial charge in [-0.15, -0.1) is 0 Å². The van der Waals surface area contributed by atoms with E-state index in [1.807, 2.05) is 0 Å². The van der Waals surface area contributed by atoms with Crippen molar-refractivity contribution in [1.29, 1.82) is 0 Å². The largest absolute Gasteiger partial charge is 0.399 e. The molecule has 0 aliphatic heterocycles. The highest BCUT2D eigenvalue weighted by Crippen LogP contribution is 2.19. The summed E-state index contributed by atoms with van der Waals surface area (Å²) in [6, 6.07) is 12.4. The van der Waals surface area contributed by atoms with E-state index in [9.17, 15) is 13.2 Å². The number of aromatic amines is 1. The van der Waals surface area contributed by atoms with Crippen LogP contribution in [0.5, 0.6) is 0 Å². The number of H-pyrrole nitrogens is 1. The molecule has 0 unspecified atom stereocenters. The number of nitrogen functional groups attached to an aromatic ring is 1. The highest BCUT2D eigenvalue weighted by atomic mass is 32.2. The van der Waals surface area contributed by atoms with Crippen molar-refractivity contribution in [3.8, 4) is 0 Å². The van der Waals surface area contributed by atoms with Crippen LogP contribution in [-0.4, -0.2) is 17.4 Å². The molecule has 0 atom stereocenters. The number of nitrogens with zero attached hydrogens (tertiary/aromatic N) is 1. The molecule has 0 bridgehead atoms. The van der Waals surface area contributed by atoms with Gasteiger partial charge in [0.15, 0.2) is 0 Å². The first-order chi connectivity index (χ1) is 9.50. The van der Waals surface area contributed by atoms with Gasteiger partial charge in [0.05, 0.1) is 15.9 Å². The maximum Gasteiger partial charge on any atom is 0.340 e. The van der Waals surface area contributed by atoms with E-state index in [4.69, 9.17) is 5.73 Å². The summed E-state index contributed by atoms with van der Waals surface area (Å²) in [7, 11) is -3.93. The fourth-order valence-corrected chi connectivity index (χ4v) is 3.44. The van der Waals surface area contributed by atoms with Crippen molar-refractivity contribution in [1.82, 2.24) is 8.96 Å². The van der Waals surface area contributed by atoms with Gasteiger partial charge in [-0.2, -0.15) is 3.97 Å². The number of nitrogens with two attached hydrogens (primary N) is 1. The maximum atomic E-state index is 12.5. The van der Waals surface area contributed by atoms with Gasteiger partial charge in [0.1, 0.15) is 0 Å². The van der Waals surface area contributed by atoms with Crippen LogP contribution in [-0.2, 0) is 10.0 Å². The zero-order valence-corrected chi connectivity index (χ0v) is 11.1. The van der Waals surface area contributed by atoms with Crippen LogP contribution >= 0.6 is 0 Å². The number of rotatable bonds is 2. The van der Waals surface area contributed by atoms with Crippen molar-refractivity contribution in [2.24, 2.45) is 0 Å². The normalized spacial score (nSPS) is 11.8. The Balaban J connectivity index is 2.36. The standard InChI is InChI=1S/C13H11N3O3S/c14-9-6-7-12-11(8-9)15-13(17)16(12)20(18,19)10-4-2-1-3-5-10/h1-8H,14H2,(H,15,17). The van der Waals surface area contributed by atoms with Crippen LogP contribution in [0, 0.1) is 0 Å². The van der Waals surface area contributed by atoms with Gasteiger partial charge < -0.3 is 10.7 Å². The van der Waals surface area contributed by atoms with Crippen LogP contribution in [0.15, 0.2) is 58.2 Å². The molecule has 0 spiro atoms. The molecule has 3 rings (SSSR count). The van der Waals surface area contributed by atoms with Gasteiger partial charge in [-0.05, 0) is 30.3 Å². The molecule has 0 radical (unpaired) electrons. The van der Waals surface area contributed by atoms with Crippen molar-refractivity contribution in [3.05, 3.63) is 59.0 Å². The second kappa shape index (κ2) is 4.24. The Hall–Kier alpha value is -2.54. The third kappa shape index (κ3) is 1.79. The monoisotopic (exact) mass is 289 g/mol. The number of aromatic nitrogens is 2. The van der Waals surface area contributed by atoms with Gasteiger partial charge in [-0.25, -0.2) is 13.2 Å². The van der Waals surface area contributed by atoms with Crippen LogP contribution < -0.4 is 11.4 Å². The summed E-state index contributed by atoms with van der Waals surface area (Å²) >= 11 is 0. The first-order valence-electron chi connectivity index (χ1n) is 5.81. The number of nitrogens with one attached hydrogen (secondary N) is 1. The topological polar surface area (TPSA) is 97.9 Å². The van der Waals surface area contributed by atoms with E-state index in [-0.39, 0.29) is 10.4 Å². The maximum absolute atomic E-state index is 12.5. The average molecular weight is 289 g/mol. The highest BCUT2D eigenvalue weighted by molar-refractivity contribution is 7.90. The minimum Gasteiger partial charge on any atom is -0.399 e. The first kappa shape index (κ1) is 12.5. The van der Waals surface area contributed by atoms with Gasteiger partial charge in [0, 0.05) is 5.69 Å². The summed E-state index contributed by atoms with van der Waals surface area (Å²) in [6.45, 7) is 0. The highest BCUT2D eigenvalue weighted by Gasteiger charge is 2.22. The summed E-state index contributed by atoms with van der Waals surface area (Å²) < 4.78 is 25.8. The molecule has 0 aliphatic carbocycles. The van der Waals surface area contributed by atoms with Crippen LogP contribution in [0.3, 0.4) is 0 Å². The van der Waals surface area contributed by atoms with Crippen LogP contribution in [0.4, 0.5) is 5.69 Å². The quantitative estimate of drug-likeness (QED) is 0.691. The van der Waals surface area contributed by atoms with Crippen molar-refractivity contribution < 1.29 is 8.42 Å². The SMILES string of the molecule is Nc1ccc2c(c1)[nH]c(=O)n2S(=O)(=O)c1ccccc1. The lowest BCUT2D eigenvalue weighted by molar-refractivity contribution is 0.587. The summed E-state index contributed by atoms with van der Waals surface area (Å²) in [4.78, 5) is 14.5. The summed E-state index contributed by atoms with van der Waals surface area (Å²) in [5.41, 5.74) is 6.01. The molecule has 1 heterocycles. The lowest BCUT2D eigenvalue weighted by Gasteiger charge is -2.05. The van der Waals surface area contributed by atoms with E-state index in [2.05, 4.69) is 4.98 Å². The number of benzene rings is 2. The Labute approximate surface area is 114 Å². The minimum atomic E-state index is -3.93. The molecule has 0 fully saturated rings. The predicted octanol–water partition coefficient (Wildman–Crippen LogP) is 1.15. The number of anilines is 1. The van der Waals surface area contributed by atoms with Crippen LogP contribution in [0.1, 0.15) is 0 Å². The first-order valence-corrected chi connectivity index (χ1v) is 7.25.